The predicted molar refractivity (Wildman–Crippen MR) is 74.4 cm³/mol. The van der Waals surface area contributed by atoms with Crippen LogP contribution in [0.25, 0.3) is 16.4 Å². The highest BCUT2D eigenvalue weighted by Gasteiger charge is 2.37. The van der Waals surface area contributed by atoms with Gasteiger partial charge in [0.1, 0.15) is 0 Å². The molecule has 3 aromatic rings. The third-order valence-corrected chi connectivity index (χ3v) is 3.67. The van der Waals surface area contributed by atoms with Crippen molar-refractivity contribution in [1.29, 1.82) is 0 Å². The highest BCUT2D eigenvalue weighted by atomic mass is 32.1. The smallest absolute Gasteiger partial charge is 0.433 e. The van der Waals surface area contributed by atoms with Crippen LogP contribution in [0.1, 0.15) is 16.2 Å². The molecule has 0 aliphatic rings. The van der Waals surface area contributed by atoms with Crippen molar-refractivity contribution < 1.29 is 23.1 Å². The fourth-order valence-electron chi connectivity index (χ4n) is 1.84. The molecule has 1 N–H and O–H groups in total. The van der Waals surface area contributed by atoms with E-state index in [1.165, 1.54) is 12.4 Å². The van der Waals surface area contributed by atoms with E-state index in [4.69, 9.17) is 5.11 Å². The van der Waals surface area contributed by atoms with Crippen LogP contribution in [-0.4, -0.2) is 30.8 Å². The molecule has 0 radical (unpaired) electrons. The van der Waals surface area contributed by atoms with Gasteiger partial charge in [-0.2, -0.15) is 18.3 Å². The molecule has 0 amide bonds. The lowest BCUT2D eigenvalue weighted by Crippen LogP contribution is -2.13. The Balaban J connectivity index is 2.14. The van der Waals surface area contributed by atoms with Gasteiger partial charge in [0.2, 0.25) is 5.13 Å². The molecule has 0 unspecified atom stereocenters. The Bertz CT molecular complexity index is 858. The van der Waals surface area contributed by atoms with Crippen molar-refractivity contribution in [2.24, 2.45) is 0 Å². The van der Waals surface area contributed by atoms with Crippen LogP contribution in [0.4, 0.5) is 13.2 Å². The fraction of sp³-hybridized carbons (Fsp3) is 0.0769. The highest BCUT2D eigenvalue weighted by Crippen LogP contribution is 2.34. The molecule has 0 saturated carbocycles. The van der Waals surface area contributed by atoms with Gasteiger partial charge in [-0.15, -0.1) is 11.3 Å². The summed E-state index contributed by atoms with van der Waals surface area (Å²) in [5.41, 5.74) is -0.900. The van der Waals surface area contributed by atoms with Gasteiger partial charge in [0.15, 0.2) is 11.4 Å². The molecule has 0 atom stereocenters. The first-order chi connectivity index (χ1) is 10.9. The van der Waals surface area contributed by atoms with E-state index in [1.54, 1.807) is 12.1 Å². The summed E-state index contributed by atoms with van der Waals surface area (Å²) in [6.07, 6.45) is -1.79. The van der Waals surface area contributed by atoms with E-state index in [0.717, 1.165) is 22.8 Å². The molecule has 10 heteroatoms. The maximum Gasteiger partial charge on any atom is 0.433 e. The van der Waals surface area contributed by atoms with Crippen LogP contribution >= 0.6 is 11.3 Å². The first-order valence-corrected chi connectivity index (χ1v) is 7.01. The Morgan fingerprint density at radius 1 is 1.35 bits per heavy atom. The normalized spacial score (nSPS) is 11.6. The lowest BCUT2D eigenvalue weighted by atomic mass is 10.2. The van der Waals surface area contributed by atoms with Crippen molar-refractivity contribution in [3.8, 4) is 16.4 Å². The highest BCUT2D eigenvalue weighted by molar-refractivity contribution is 7.12. The van der Waals surface area contributed by atoms with Crippen molar-refractivity contribution in [3.63, 3.8) is 0 Å². The molecular formula is C13H7F3N4O2S. The number of carboxylic acids is 1. The monoisotopic (exact) mass is 340 g/mol. The summed E-state index contributed by atoms with van der Waals surface area (Å²) < 4.78 is 40.2. The van der Waals surface area contributed by atoms with E-state index < -0.39 is 17.8 Å². The second kappa shape index (κ2) is 5.47. The van der Waals surface area contributed by atoms with Gasteiger partial charge in [-0.1, -0.05) is 0 Å². The molecule has 0 aliphatic heterocycles. The van der Waals surface area contributed by atoms with Gasteiger partial charge in [-0.25, -0.2) is 14.5 Å². The average molecular weight is 340 g/mol. The molecule has 118 valence electrons. The molecule has 3 rings (SSSR count). The number of halogens is 3. The average Bonchev–Trinajstić information content (AvgIpc) is 3.14. The molecule has 0 spiro atoms. The van der Waals surface area contributed by atoms with Gasteiger partial charge in [0.25, 0.3) is 0 Å². The molecule has 0 aliphatic carbocycles. The number of hydrogen-bond acceptors (Lipinski definition) is 5. The molecule has 23 heavy (non-hydrogen) atoms. The number of carboxylic acid groups (broad SMARTS) is 1. The second-order valence-corrected chi connectivity index (χ2v) is 5.22. The molecule has 0 aromatic carbocycles. The predicted octanol–water partition coefficient (Wildman–Crippen LogP) is 3.11. The molecule has 3 heterocycles. The minimum absolute atomic E-state index is 0.0671. The van der Waals surface area contributed by atoms with Crippen molar-refractivity contribution >= 4 is 17.3 Å². The van der Waals surface area contributed by atoms with Crippen molar-refractivity contribution in [3.05, 3.63) is 47.4 Å². The Morgan fingerprint density at radius 2 is 2.13 bits per heavy atom. The number of aromatic nitrogens is 4. The lowest BCUT2D eigenvalue weighted by Gasteiger charge is -2.06. The molecule has 0 saturated heterocycles. The van der Waals surface area contributed by atoms with E-state index in [0.29, 0.717) is 10.2 Å². The minimum Gasteiger partial charge on any atom is -0.476 e. The van der Waals surface area contributed by atoms with Crippen LogP contribution in [0.5, 0.6) is 0 Å². The number of thiazole rings is 1. The van der Waals surface area contributed by atoms with Crippen LogP contribution in [0, 0.1) is 0 Å². The zero-order chi connectivity index (χ0) is 16.6. The van der Waals surface area contributed by atoms with Crippen LogP contribution in [0.2, 0.25) is 0 Å². The van der Waals surface area contributed by atoms with E-state index in [1.807, 2.05) is 0 Å². The van der Waals surface area contributed by atoms with Crippen molar-refractivity contribution in [2.75, 3.05) is 0 Å². The van der Waals surface area contributed by atoms with E-state index in [2.05, 4.69) is 15.1 Å². The van der Waals surface area contributed by atoms with Crippen molar-refractivity contribution in [2.45, 2.75) is 6.18 Å². The van der Waals surface area contributed by atoms with Gasteiger partial charge in [-0.05, 0) is 18.2 Å². The quantitative estimate of drug-likeness (QED) is 0.792. The first-order valence-electron chi connectivity index (χ1n) is 6.13. The fourth-order valence-corrected chi connectivity index (χ4v) is 2.60. The number of alkyl halides is 3. The summed E-state index contributed by atoms with van der Waals surface area (Å²) >= 11 is 0.763. The summed E-state index contributed by atoms with van der Waals surface area (Å²) in [5, 5.41) is 13.7. The van der Waals surface area contributed by atoms with Gasteiger partial charge >= 0.3 is 12.1 Å². The number of hydrogen-bond donors (Lipinski definition) is 1. The van der Waals surface area contributed by atoms with Crippen LogP contribution in [-0.2, 0) is 6.18 Å². The van der Waals surface area contributed by atoms with Crippen LogP contribution in [0.15, 0.2) is 36.0 Å². The topological polar surface area (TPSA) is 80.9 Å². The van der Waals surface area contributed by atoms with Crippen LogP contribution in [0.3, 0.4) is 0 Å². The molecule has 0 bridgehead atoms. The van der Waals surface area contributed by atoms with Gasteiger partial charge in [0.05, 0.1) is 5.69 Å². The molecular weight excluding hydrogens is 333 g/mol. The van der Waals surface area contributed by atoms with Crippen LogP contribution < -0.4 is 0 Å². The third kappa shape index (κ3) is 2.93. The summed E-state index contributed by atoms with van der Waals surface area (Å²) in [5.74, 6) is -1.32. The van der Waals surface area contributed by atoms with Gasteiger partial charge in [-0.3, -0.25) is 4.98 Å². The maximum absolute atomic E-state index is 13.2. The standard InChI is InChI=1S/C13H7F3N4O2S/c14-13(15,16)10-4-8(7-2-1-3-17-5-7)19-20(10)12-18-9(6-23-12)11(21)22/h1-6H,(H,21,22). The van der Waals surface area contributed by atoms with Crippen molar-refractivity contribution in [1.82, 2.24) is 19.7 Å². The number of carbonyl (C=O) groups is 1. The van der Waals surface area contributed by atoms with E-state index in [-0.39, 0.29) is 16.5 Å². The van der Waals surface area contributed by atoms with E-state index in [9.17, 15) is 18.0 Å². The molecule has 3 aromatic heterocycles. The van der Waals surface area contributed by atoms with Gasteiger partial charge < -0.3 is 5.11 Å². The summed E-state index contributed by atoms with van der Waals surface area (Å²) in [6.45, 7) is 0. The zero-order valence-corrected chi connectivity index (χ0v) is 12.0. The lowest BCUT2D eigenvalue weighted by molar-refractivity contribution is -0.142. The zero-order valence-electron chi connectivity index (χ0n) is 11.2. The number of pyridine rings is 1. The van der Waals surface area contributed by atoms with Gasteiger partial charge in [0, 0.05) is 23.3 Å². The SMILES string of the molecule is O=C(O)c1csc(-n2nc(-c3cccnc3)cc2C(F)(F)F)n1. The summed E-state index contributed by atoms with van der Waals surface area (Å²) in [4.78, 5) is 18.3. The Hall–Kier alpha value is -2.75. The molecule has 0 fully saturated rings. The van der Waals surface area contributed by atoms with E-state index >= 15 is 0 Å². The third-order valence-electron chi connectivity index (χ3n) is 2.85. The second-order valence-electron chi connectivity index (χ2n) is 4.39. The summed E-state index contributed by atoms with van der Waals surface area (Å²) in [6, 6.07) is 4.02. The molecule has 6 nitrogen and oxygen atoms in total. The number of rotatable bonds is 3. The Kier molecular flexibility index (Phi) is 3.60. The Morgan fingerprint density at radius 3 is 2.70 bits per heavy atom. The largest absolute Gasteiger partial charge is 0.476 e. The first kappa shape index (κ1) is 15.2. The Labute approximate surface area is 130 Å². The number of nitrogens with zero attached hydrogens (tertiary/aromatic N) is 4. The maximum atomic E-state index is 13.2. The minimum atomic E-state index is -4.66. The number of aromatic carboxylic acids is 1. The summed E-state index contributed by atoms with van der Waals surface area (Å²) in [7, 11) is 0.